The second-order valence-corrected chi connectivity index (χ2v) is 5.54. The molecule has 1 aromatic carbocycles. The van der Waals surface area contributed by atoms with E-state index in [0.29, 0.717) is 0 Å². The number of halogens is 5. The van der Waals surface area contributed by atoms with Gasteiger partial charge < -0.3 is 5.11 Å². The number of carbonyl (C=O) groups is 1. The van der Waals surface area contributed by atoms with E-state index in [1.165, 1.54) is 12.3 Å². The lowest BCUT2D eigenvalue weighted by atomic mass is 10.0. The van der Waals surface area contributed by atoms with Gasteiger partial charge in [-0.05, 0) is 6.07 Å². The summed E-state index contributed by atoms with van der Waals surface area (Å²) in [5.41, 5.74) is 0.166. The molecule has 0 bridgehead atoms. The predicted octanol–water partition coefficient (Wildman–Crippen LogP) is 5.71. The number of aromatic carboxylic acids is 1. The molecule has 1 heterocycles. The molecule has 0 aliphatic carbocycles. The van der Waals surface area contributed by atoms with Gasteiger partial charge in [0.25, 0.3) is 0 Å². The summed E-state index contributed by atoms with van der Waals surface area (Å²) in [6.07, 6.45) is 1.34. The summed E-state index contributed by atoms with van der Waals surface area (Å²) in [4.78, 5) is 15.0. The third kappa shape index (κ3) is 2.57. The van der Waals surface area contributed by atoms with E-state index in [4.69, 9.17) is 63.1 Å². The molecule has 0 aliphatic heterocycles. The fourth-order valence-electron chi connectivity index (χ4n) is 1.62. The zero-order valence-electron chi connectivity index (χ0n) is 9.42. The first kappa shape index (κ1) is 15.7. The summed E-state index contributed by atoms with van der Waals surface area (Å²) < 4.78 is 0. The summed E-state index contributed by atoms with van der Waals surface area (Å²) in [6, 6.07) is 3.05. The number of rotatable bonds is 2. The van der Waals surface area contributed by atoms with Gasteiger partial charge in [-0.3, -0.25) is 0 Å². The lowest BCUT2D eigenvalue weighted by Crippen LogP contribution is -2.03. The van der Waals surface area contributed by atoms with Crippen LogP contribution < -0.4 is 0 Å². The van der Waals surface area contributed by atoms with Crippen LogP contribution in [0.15, 0.2) is 18.3 Å². The Balaban J connectivity index is 2.88. The summed E-state index contributed by atoms with van der Waals surface area (Å²) in [5, 5.41) is 9.20. The van der Waals surface area contributed by atoms with E-state index in [9.17, 15) is 4.79 Å². The van der Waals surface area contributed by atoms with Gasteiger partial charge in [0, 0.05) is 17.3 Å². The minimum Gasteiger partial charge on any atom is -0.476 e. The highest BCUT2D eigenvalue weighted by Gasteiger charge is 2.24. The van der Waals surface area contributed by atoms with Crippen molar-refractivity contribution in [1.82, 2.24) is 4.98 Å². The molecule has 104 valence electrons. The lowest BCUT2D eigenvalue weighted by Gasteiger charge is -2.13. The molecule has 20 heavy (non-hydrogen) atoms. The van der Waals surface area contributed by atoms with E-state index in [1.54, 1.807) is 6.07 Å². The maximum Gasteiger partial charge on any atom is 0.355 e. The van der Waals surface area contributed by atoms with Crippen LogP contribution in [-0.4, -0.2) is 16.1 Å². The van der Waals surface area contributed by atoms with Crippen LogP contribution in [0.2, 0.25) is 25.1 Å². The first-order chi connectivity index (χ1) is 9.36. The lowest BCUT2D eigenvalue weighted by molar-refractivity contribution is 0.0691. The van der Waals surface area contributed by atoms with Gasteiger partial charge in [0.2, 0.25) is 0 Å². The Kier molecular flexibility index (Phi) is 4.67. The van der Waals surface area contributed by atoms with Crippen LogP contribution in [0.1, 0.15) is 10.5 Å². The maximum absolute atomic E-state index is 11.2. The summed E-state index contributed by atoms with van der Waals surface area (Å²) in [5.74, 6) is -1.23. The van der Waals surface area contributed by atoms with Crippen LogP contribution in [0, 0.1) is 0 Å². The zero-order chi connectivity index (χ0) is 15.0. The van der Waals surface area contributed by atoms with Crippen molar-refractivity contribution in [2.24, 2.45) is 0 Å². The third-order valence-corrected chi connectivity index (χ3v) is 4.77. The van der Waals surface area contributed by atoms with Gasteiger partial charge in [-0.1, -0.05) is 64.1 Å². The highest BCUT2D eigenvalue weighted by molar-refractivity contribution is 6.56. The Bertz CT molecular complexity index is 688. The average Bonchev–Trinajstić information content (AvgIpc) is 2.43. The number of carboxylic acid groups (broad SMARTS) is 1. The van der Waals surface area contributed by atoms with Crippen LogP contribution in [0.5, 0.6) is 0 Å². The minimum absolute atomic E-state index is 0.00192. The standard InChI is InChI=1S/C12H4Cl5NO2/c13-6-5(7(14)9(16)10(17)8(6)15)4-2-1-3-18-11(4)12(19)20/h1-3H,(H,19,20). The van der Waals surface area contributed by atoms with Crippen LogP contribution in [0.3, 0.4) is 0 Å². The van der Waals surface area contributed by atoms with Gasteiger partial charge >= 0.3 is 5.97 Å². The number of nitrogens with zero attached hydrogens (tertiary/aromatic N) is 1. The topological polar surface area (TPSA) is 50.2 Å². The van der Waals surface area contributed by atoms with Crippen LogP contribution in [0.25, 0.3) is 11.1 Å². The second-order valence-electron chi connectivity index (χ2n) is 3.65. The fourth-order valence-corrected chi connectivity index (χ4v) is 2.96. The van der Waals surface area contributed by atoms with Gasteiger partial charge in [-0.15, -0.1) is 0 Å². The van der Waals surface area contributed by atoms with Crippen molar-refractivity contribution in [1.29, 1.82) is 0 Å². The Morgan fingerprint density at radius 2 is 1.45 bits per heavy atom. The minimum atomic E-state index is -1.23. The molecule has 0 spiro atoms. The van der Waals surface area contributed by atoms with Crippen LogP contribution in [0.4, 0.5) is 0 Å². The Labute approximate surface area is 139 Å². The number of carboxylic acids is 1. The fraction of sp³-hybridized carbons (Fsp3) is 0. The van der Waals surface area contributed by atoms with E-state index in [0.717, 1.165) is 0 Å². The Hall–Kier alpha value is -0.710. The number of aromatic nitrogens is 1. The van der Waals surface area contributed by atoms with Gasteiger partial charge in [0.1, 0.15) is 0 Å². The highest BCUT2D eigenvalue weighted by Crippen LogP contribution is 2.48. The van der Waals surface area contributed by atoms with Crippen molar-refractivity contribution < 1.29 is 9.90 Å². The molecule has 0 amide bonds. The van der Waals surface area contributed by atoms with E-state index < -0.39 is 5.97 Å². The Morgan fingerprint density at radius 3 is 1.95 bits per heavy atom. The van der Waals surface area contributed by atoms with Crippen molar-refractivity contribution in [2.45, 2.75) is 0 Å². The van der Waals surface area contributed by atoms with Gasteiger partial charge in [-0.2, -0.15) is 0 Å². The van der Waals surface area contributed by atoms with E-state index in [1.807, 2.05) is 0 Å². The van der Waals surface area contributed by atoms with Gasteiger partial charge in [0.05, 0.1) is 25.1 Å². The maximum atomic E-state index is 11.2. The molecule has 2 rings (SSSR count). The molecule has 2 aromatic rings. The van der Waals surface area contributed by atoms with E-state index >= 15 is 0 Å². The molecule has 0 fully saturated rings. The molecule has 0 unspecified atom stereocenters. The number of hydrogen-bond donors (Lipinski definition) is 1. The molecule has 0 radical (unpaired) electrons. The average molecular weight is 371 g/mol. The largest absolute Gasteiger partial charge is 0.476 e. The number of pyridine rings is 1. The SMILES string of the molecule is O=C(O)c1ncccc1-c1c(Cl)c(Cl)c(Cl)c(Cl)c1Cl. The quantitative estimate of drug-likeness (QED) is 0.543. The molecule has 0 saturated heterocycles. The summed E-state index contributed by atoms with van der Waals surface area (Å²) in [6.45, 7) is 0. The van der Waals surface area contributed by atoms with Crippen molar-refractivity contribution in [2.75, 3.05) is 0 Å². The molecule has 3 nitrogen and oxygen atoms in total. The van der Waals surface area contributed by atoms with E-state index in [2.05, 4.69) is 4.98 Å². The molecule has 0 atom stereocenters. The Morgan fingerprint density at radius 1 is 0.950 bits per heavy atom. The molecule has 1 N–H and O–H groups in total. The normalized spacial score (nSPS) is 10.7. The van der Waals surface area contributed by atoms with Crippen molar-refractivity contribution >= 4 is 64.0 Å². The molecule has 0 aliphatic rings. The molecule has 0 saturated carbocycles. The van der Waals surface area contributed by atoms with E-state index in [-0.39, 0.29) is 41.9 Å². The van der Waals surface area contributed by atoms with Crippen molar-refractivity contribution in [3.05, 3.63) is 49.1 Å². The second kappa shape index (κ2) is 5.96. The molecule has 8 heteroatoms. The first-order valence-corrected chi connectivity index (χ1v) is 6.95. The number of hydrogen-bond acceptors (Lipinski definition) is 2. The highest BCUT2D eigenvalue weighted by atomic mass is 35.5. The molecular formula is C12H4Cl5NO2. The van der Waals surface area contributed by atoms with Crippen molar-refractivity contribution in [3.8, 4) is 11.1 Å². The predicted molar refractivity (Wildman–Crippen MR) is 81.7 cm³/mol. The first-order valence-electron chi connectivity index (χ1n) is 5.06. The van der Waals surface area contributed by atoms with Crippen LogP contribution >= 0.6 is 58.0 Å². The number of benzene rings is 1. The third-order valence-electron chi connectivity index (χ3n) is 2.49. The van der Waals surface area contributed by atoms with Gasteiger partial charge in [-0.25, -0.2) is 9.78 Å². The summed E-state index contributed by atoms with van der Waals surface area (Å²) >= 11 is 30.0. The molecular weight excluding hydrogens is 367 g/mol. The van der Waals surface area contributed by atoms with Gasteiger partial charge in [0.15, 0.2) is 5.69 Å². The van der Waals surface area contributed by atoms with Crippen LogP contribution in [-0.2, 0) is 0 Å². The zero-order valence-corrected chi connectivity index (χ0v) is 13.2. The molecule has 1 aromatic heterocycles. The van der Waals surface area contributed by atoms with Crippen molar-refractivity contribution in [3.63, 3.8) is 0 Å². The monoisotopic (exact) mass is 369 g/mol. The smallest absolute Gasteiger partial charge is 0.355 e. The summed E-state index contributed by atoms with van der Waals surface area (Å²) in [7, 11) is 0.